The first-order valence-electron chi connectivity index (χ1n) is 2.57. The van der Waals surface area contributed by atoms with Crippen molar-refractivity contribution < 1.29 is 13.6 Å². The molecule has 0 fully saturated rings. The number of alkyl halides is 2. The Morgan fingerprint density at radius 2 is 1.56 bits per heavy atom. The third-order valence-electron chi connectivity index (χ3n) is 1.35. The van der Waals surface area contributed by atoms with E-state index >= 15 is 0 Å². The lowest BCUT2D eigenvalue weighted by Gasteiger charge is -2.28. The van der Waals surface area contributed by atoms with E-state index in [4.69, 9.17) is 0 Å². The summed E-state index contributed by atoms with van der Waals surface area (Å²) in [6.45, 7) is 3.22. The fraction of sp³-hybridized carbons (Fsp3) is 1.00. The van der Waals surface area contributed by atoms with Crippen LogP contribution in [0, 0.1) is 0 Å². The fourth-order valence-corrected chi connectivity index (χ4v) is 0.103. The molecule has 0 bridgehead atoms. The molecule has 0 saturated heterocycles. The molecule has 0 rings (SSSR count). The summed E-state index contributed by atoms with van der Waals surface area (Å²) in [4.78, 5) is 4.05. The van der Waals surface area contributed by atoms with Gasteiger partial charge in [-0.25, -0.2) is 14.7 Å². The van der Waals surface area contributed by atoms with Crippen molar-refractivity contribution in [2.24, 2.45) is 5.90 Å². The smallest absolute Gasteiger partial charge is 0.275 e. The van der Waals surface area contributed by atoms with Gasteiger partial charge in [-0.1, -0.05) is 0 Å². The summed E-state index contributed by atoms with van der Waals surface area (Å²) in [5.74, 6) is 1.71. The van der Waals surface area contributed by atoms with Crippen LogP contribution < -0.4 is 5.90 Å². The maximum absolute atomic E-state index is 12.3. The summed E-state index contributed by atoms with van der Waals surface area (Å²) in [7, 11) is 0. The minimum Gasteiger partial charge on any atom is -0.292 e. The second-order valence-electron chi connectivity index (χ2n) is 2.52. The molecule has 0 aliphatic rings. The average Bonchev–Trinajstić information content (AvgIpc) is 1.64. The highest BCUT2D eigenvalue weighted by atomic mass is 19.3. The molecule has 0 spiro atoms. The van der Waals surface area contributed by atoms with Gasteiger partial charge in [0.25, 0.3) is 5.92 Å². The van der Waals surface area contributed by atoms with Crippen LogP contribution in [0.4, 0.5) is 8.78 Å². The van der Waals surface area contributed by atoms with Crippen molar-refractivity contribution in [3.8, 4) is 0 Å². The molecule has 56 valence electrons. The van der Waals surface area contributed by atoms with Gasteiger partial charge in [0.1, 0.15) is 5.60 Å². The van der Waals surface area contributed by atoms with Crippen LogP contribution in [-0.4, -0.2) is 11.5 Å². The number of hydrogen-bond donors (Lipinski definition) is 1. The summed E-state index contributed by atoms with van der Waals surface area (Å²) in [6.07, 6.45) is 0. The van der Waals surface area contributed by atoms with Gasteiger partial charge in [-0.3, -0.25) is 4.84 Å². The van der Waals surface area contributed by atoms with Gasteiger partial charge >= 0.3 is 0 Å². The summed E-state index contributed by atoms with van der Waals surface area (Å²) >= 11 is 0. The van der Waals surface area contributed by atoms with Gasteiger partial charge in [-0.2, -0.15) is 0 Å². The number of nitrogens with two attached hydrogens (primary N) is 1. The molecule has 0 amide bonds. The van der Waals surface area contributed by atoms with Crippen LogP contribution in [0.15, 0.2) is 0 Å². The van der Waals surface area contributed by atoms with E-state index in [1.165, 1.54) is 13.8 Å². The van der Waals surface area contributed by atoms with E-state index in [0.29, 0.717) is 0 Å². The molecule has 0 aromatic heterocycles. The van der Waals surface area contributed by atoms with E-state index in [2.05, 4.69) is 10.7 Å². The third kappa shape index (κ3) is 1.87. The number of halogens is 2. The van der Waals surface area contributed by atoms with Crippen molar-refractivity contribution in [3.63, 3.8) is 0 Å². The maximum Gasteiger partial charge on any atom is 0.275 e. The molecule has 9 heavy (non-hydrogen) atoms. The lowest BCUT2D eigenvalue weighted by Crippen LogP contribution is -2.44. The molecular formula is C5H11F2NO. The summed E-state index contributed by atoms with van der Waals surface area (Å²) in [6, 6.07) is 0. The Balaban J connectivity index is 4.14. The van der Waals surface area contributed by atoms with Crippen molar-refractivity contribution in [2.45, 2.75) is 32.3 Å². The molecule has 0 atom stereocenters. The topological polar surface area (TPSA) is 35.2 Å². The molecule has 0 heterocycles. The first-order chi connectivity index (χ1) is 3.81. The normalized spacial score (nSPS) is 14.0. The van der Waals surface area contributed by atoms with Crippen molar-refractivity contribution in [1.29, 1.82) is 0 Å². The van der Waals surface area contributed by atoms with Crippen LogP contribution in [0.1, 0.15) is 20.8 Å². The molecule has 0 unspecified atom stereocenters. The Morgan fingerprint density at radius 3 is 1.56 bits per heavy atom. The highest BCUT2D eigenvalue weighted by Gasteiger charge is 2.42. The summed E-state index contributed by atoms with van der Waals surface area (Å²) in [5, 5.41) is 0. The predicted octanol–water partition coefficient (Wildman–Crippen LogP) is 1.31. The fourth-order valence-electron chi connectivity index (χ4n) is 0.103. The standard InChI is InChI=1S/C5H11F2NO/c1-4(2,9-8)5(3,6)7/h8H2,1-3H3. The average molecular weight is 139 g/mol. The van der Waals surface area contributed by atoms with Gasteiger partial charge in [0.2, 0.25) is 0 Å². The van der Waals surface area contributed by atoms with Crippen molar-refractivity contribution in [3.05, 3.63) is 0 Å². The minimum absolute atomic E-state index is 0.764. The largest absolute Gasteiger partial charge is 0.292 e. The molecule has 0 aromatic carbocycles. The minimum atomic E-state index is -2.90. The zero-order valence-electron chi connectivity index (χ0n) is 5.74. The van der Waals surface area contributed by atoms with E-state index in [9.17, 15) is 8.78 Å². The Morgan fingerprint density at radius 1 is 1.22 bits per heavy atom. The third-order valence-corrected chi connectivity index (χ3v) is 1.35. The molecule has 0 radical (unpaired) electrons. The van der Waals surface area contributed by atoms with E-state index in [1.54, 1.807) is 0 Å². The highest BCUT2D eigenvalue weighted by molar-refractivity contribution is 4.81. The van der Waals surface area contributed by atoms with Gasteiger partial charge in [0.05, 0.1) is 0 Å². The van der Waals surface area contributed by atoms with E-state index in [-0.39, 0.29) is 0 Å². The molecule has 2 nitrogen and oxygen atoms in total. The lowest BCUT2D eigenvalue weighted by molar-refractivity contribution is -0.182. The van der Waals surface area contributed by atoms with Crippen molar-refractivity contribution in [2.75, 3.05) is 0 Å². The van der Waals surface area contributed by atoms with Gasteiger partial charge in [-0.05, 0) is 13.8 Å². The molecule has 0 aliphatic carbocycles. The number of hydrogen-bond acceptors (Lipinski definition) is 2. The quantitative estimate of drug-likeness (QED) is 0.585. The van der Waals surface area contributed by atoms with Crippen LogP contribution in [0.5, 0.6) is 0 Å². The van der Waals surface area contributed by atoms with Crippen LogP contribution in [0.3, 0.4) is 0 Å². The second kappa shape index (κ2) is 2.19. The van der Waals surface area contributed by atoms with Gasteiger partial charge in [0.15, 0.2) is 0 Å². The first-order valence-corrected chi connectivity index (χ1v) is 2.57. The van der Waals surface area contributed by atoms with Crippen LogP contribution in [0.25, 0.3) is 0 Å². The summed E-state index contributed by atoms with van der Waals surface area (Å²) in [5.41, 5.74) is -1.58. The lowest BCUT2D eigenvalue weighted by atomic mass is 10.0. The molecule has 0 aliphatic heterocycles. The Labute approximate surface area is 52.9 Å². The predicted molar refractivity (Wildman–Crippen MR) is 30.0 cm³/mol. The summed E-state index contributed by atoms with van der Waals surface area (Å²) < 4.78 is 24.6. The Bertz CT molecular complexity index is 97.6. The van der Waals surface area contributed by atoms with Crippen LogP contribution in [0.2, 0.25) is 0 Å². The Hall–Kier alpha value is -0.220. The zero-order valence-corrected chi connectivity index (χ0v) is 5.74. The first kappa shape index (κ1) is 8.78. The zero-order chi connectivity index (χ0) is 7.71. The molecular weight excluding hydrogens is 128 g/mol. The second-order valence-corrected chi connectivity index (χ2v) is 2.52. The molecule has 0 aromatic rings. The van der Waals surface area contributed by atoms with E-state index < -0.39 is 11.5 Å². The number of rotatable bonds is 2. The van der Waals surface area contributed by atoms with E-state index in [0.717, 1.165) is 6.92 Å². The molecule has 2 N–H and O–H groups in total. The van der Waals surface area contributed by atoms with Crippen molar-refractivity contribution >= 4 is 0 Å². The SMILES string of the molecule is CC(F)(F)C(C)(C)ON. The van der Waals surface area contributed by atoms with Gasteiger partial charge < -0.3 is 0 Å². The van der Waals surface area contributed by atoms with Crippen LogP contribution >= 0.6 is 0 Å². The monoisotopic (exact) mass is 139 g/mol. The maximum atomic E-state index is 12.3. The van der Waals surface area contributed by atoms with Gasteiger partial charge in [-0.15, -0.1) is 0 Å². The van der Waals surface area contributed by atoms with E-state index in [1.807, 2.05) is 0 Å². The molecule has 4 heteroatoms. The molecule has 0 saturated carbocycles. The van der Waals surface area contributed by atoms with Crippen LogP contribution in [-0.2, 0) is 4.84 Å². The van der Waals surface area contributed by atoms with Gasteiger partial charge in [0, 0.05) is 6.92 Å². The Kier molecular flexibility index (Phi) is 2.14. The highest BCUT2D eigenvalue weighted by Crippen LogP contribution is 2.28. The van der Waals surface area contributed by atoms with Crippen molar-refractivity contribution in [1.82, 2.24) is 0 Å².